The molecule has 0 aliphatic carbocycles. The fourth-order valence-electron chi connectivity index (χ4n) is 2.69. The second-order valence-corrected chi connectivity index (χ2v) is 10.3. The number of sulfone groups is 1. The van der Waals surface area contributed by atoms with E-state index in [1.807, 2.05) is 29.2 Å². The summed E-state index contributed by atoms with van der Waals surface area (Å²) >= 11 is 4.80. The van der Waals surface area contributed by atoms with Gasteiger partial charge in [-0.3, -0.25) is 4.79 Å². The van der Waals surface area contributed by atoms with Gasteiger partial charge in [0.25, 0.3) is 5.91 Å². The molecule has 2 saturated heterocycles. The molecule has 1 aromatic rings. The smallest absolute Gasteiger partial charge is 0.250 e. The minimum atomic E-state index is -3.03. The van der Waals surface area contributed by atoms with Crippen LogP contribution in [0.1, 0.15) is 13.8 Å². The van der Waals surface area contributed by atoms with Gasteiger partial charge in [-0.2, -0.15) is 4.99 Å². The first-order valence-electron chi connectivity index (χ1n) is 7.31. The number of carbonyl (C=O) groups is 1. The molecule has 8 heteroatoms. The molecule has 2 fully saturated rings. The summed E-state index contributed by atoms with van der Waals surface area (Å²) in [5.74, 6) is -0.114. The Morgan fingerprint density at radius 2 is 1.96 bits per heavy atom. The van der Waals surface area contributed by atoms with Crippen LogP contribution in [0, 0.1) is 5.92 Å². The summed E-state index contributed by atoms with van der Waals surface area (Å²) in [5.41, 5.74) is 0.862. The summed E-state index contributed by atoms with van der Waals surface area (Å²) in [5, 5.41) is 0.540. The number of rotatable bonds is 2. The normalized spacial score (nSPS) is 27.7. The molecule has 0 spiro atoms. The molecule has 2 aliphatic rings. The van der Waals surface area contributed by atoms with Gasteiger partial charge in [0.15, 0.2) is 15.0 Å². The van der Waals surface area contributed by atoms with E-state index < -0.39 is 9.84 Å². The maximum absolute atomic E-state index is 12.0. The van der Waals surface area contributed by atoms with Crippen molar-refractivity contribution < 1.29 is 13.2 Å². The lowest BCUT2D eigenvalue weighted by molar-refractivity contribution is -0.120. The summed E-state index contributed by atoms with van der Waals surface area (Å²) in [6.07, 6.45) is 0. The average Bonchev–Trinajstić information content (AvgIpc) is 2.91. The molecular weight excluding hydrogens is 400 g/mol. The van der Waals surface area contributed by atoms with Gasteiger partial charge in [0, 0.05) is 21.3 Å². The molecule has 0 unspecified atom stereocenters. The van der Waals surface area contributed by atoms with Crippen LogP contribution >= 0.6 is 27.7 Å². The fraction of sp³-hybridized carbons (Fsp3) is 0.467. The number of amides is 1. The molecule has 2 aliphatic heterocycles. The number of thioether (sulfide) groups is 1. The van der Waals surface area contributed by atoms with Crippen molar-refractivity contribution in [2.24, 2.45) is 10.9 Å². The number of carbonyl (C=O) groups excluding carboxylic acids is 1. The molecule has 3 rings (SSSR count). The van der Waals surface area contributed by atoms with E-state index in [0.29, 0.717) is 5.17 Å². The third kappa shape index (κ3) is 3.49. The highest BCUT2D eigenvalue weighted by atomic mass is 79.9. The number of hydrogen-bond donors (Lipinski definition) is 0. The number of anilines is 1. The number of fused-ring (bicyclic) bond motifs is 1. The van der Waals surface area contributed by atoms with Crippen molar-refractivity contribution in [2.45, 2.75) is 25.1 Å². The van der Waals surface area contributed by atoms with E-state index in [9.17, 15) is 13.2 Å². The van der Waals surface area contributed by atoms with Crippen molar-refractivity contribution in [1.29, 1.82) is 0 Å². The second-order valence-electron chi connectivity index (χ2n) is 6.03. The lowest BCUT2D eigenvalue weighted by atomic mass is 10.2. The van der Waals surface area contributed by atoms with Gasteiger partial charge >= 0.3 is 0 Å². The Morgan fingerprint density at radius 3 is 2.57 bits per heavy atom. The molecule has 1 amide bonds. The molecule has 5 nitrogen and oxygen atoms in total. The molecule has 0 aromatic heterocycles. The fourth-order valence-corrected chi connectivity index (χ4v) is 6.88. The van der Waals surface area contributed by atoms with Crippen LogP contribution in [-0.4, -0.2) is 42.3 Å². The molecule has 0 bridgehead atoms. The highest BCUT2D eigenvalue weighted by Gasteiger charge is 2.49. The Bertz CT molecular complexity index is 759. The van der Waals surface area contributed by atoms with E-state index in [1.165, 1.54) is 11.8 Å². The van der Waals surface area contributed by atoms with E-state index in [0.717, 1.165) is 10.2 Å². The van der Waals surface area contributed by atoms with Crippen LogP contribution < -0.4 is 4.90 Å². The minimum absolute atomic E-state index is 0.0673. The van der Waals surface area contributed by atoms with Gasteiger partial charge in [-0.25, -0.2) is 8.42 Å². The zero-order valence-electron chi connectivity index (χ0n) is 12.8. The topological polar surface area (TPSA) is 66.8 Å². The number of aliphatic imine (C=N–C) groups is 1. The van der Waals surface area contributed by atoms with E-state index in [-0.39, 0.29) is 34.6 Å². The first kappa shape index (κ1) is 17.0. The summed E-state index contributed by atoms with van der Waals surface area (Å²) in [4.78, 5) is 18.2. The summed E-state index contributed by atoms with van der Waals surface area (Å²) in [6.45, 7) is 3.61. The van der Waals surface area contributed by atoms with Crippen LogP contribution in [0.3, 0.4) is 0 Å². The van der Waals surface area contributed by atoms with Crippen LogP contribution in [0.15, 0.2) is 33.7 Å². The molecule has 23 heavy (non-hydrogen) atoms. The first-order chi connectivity index (χ1) is 10.8. The zero-order chi connectivity index (χ0) is 16.8. The van der Waals surface area contributed by atoms with Crippen LogP contribution in [0.4, 0.5) is 5.69 Å². The summed E-state index contributed by atoms with van der Waals surface area (Å²) < 4.78 is 24.9. The van der Waals surface area contributed by atoms with Crippen molar-refractivity contribution in [1.82, 2.24) is 0 Å². The SMILES string of the molecule is CC(C)C(=O)N=C1S[C@@H]2CS(=O)(=O)C[C@H]2N1c1ccc(Br)cc1. The molecule has 0 saturated carbocycles. The van der Waals surface area contributed by atoms with E-state index in [1.54, 1.807) is 13.8 Å². The Balaban J connectivity index is 2.00. The Morgan fingerprint density at radius 1 is 1.30 bits per heavy atom. The predicted molar refractivity (Wildman–Crippen MR) is 97.7 cm³/mol. The highest BCUT2D eigenvalue weighted by Crippen LogP contribution is 2.41. The predicted octanol–water partition coefficient (Wildman–Crippen LogP) is 2.71. The molecule has 2 atom stereocenters. The number of benzene rings is 1. The zero-order valence-corrected chi connectivity index (χ0v) is 16.0. The first-order valence-corrected chi connectivity index (χ1v) is 10.8. The van der Waals surface area contributed by atoms with E-state index >= 15 is 0 Å². The molecule has 2 heterocycles. The van der Waals surface area contributed by atoms with Crippen molar-refractivity contribution >= 4 is 54.3 Å². The third-order valence-electron chi connectivity index (χ3n) is 3.87. The lowest BCUT2D eigenvalue weighted by Gasteiger charge is -2.24. The van der Waals surface area contributed by atoms with Gasteiger partial charge in [-0.05, 0) is 24.3 Å². The molecule has 1 aromatic carbocycles. The maximum Gasteiger partial charge on any atom is 0.250 e. The Labute approximate surface area is 148 Å². The van der Waals surface area contributed by atoms with Gasteiger partial charge in [0.05, 0.1) is 17.5 Å². The highest BCUT2D eigenvalue weighted by molar-refractivity contribution is 9.10. The van der Waals surface area contributed by atoms with Crippen molar-refractivity contribution in [3.8, 4) is 0 Å². The Hall–Kier alpha value is -0.860. The van der Waals surface area contributed by atoms with Gasteiger partial charge in [0.2, 0.25) is 0 Å². The lowest BCUT2D eigenvalue weighted by Crippen LogP contribution is -2.37. The minimum Gasteiger partial charge on any atom is -0.316 e. The van der Waals surface area contributed by atoms with Gasteiger partial charge in [-0.15, -0.1) is 0 Å². The molecule has 0 radical (unpaired) electrons. The van der Waals surface area contributed by atoms with Crippen molar-refractivity contribution in [2.75, 3.05) is 16.4 Å². The summed E-state index contributed by atoms with van der Waals surface area (Å²) in [6, 6.07) is 7.46. The number of halogens is 1. The largest absolute Gasteiger partial charge is 0.316 e. The van der Waals surface area contributed by atoms with Crippen LogP contribution in [0.2, 0.25) is 0 Å². The summed E-state index contributed by atoms with van der Waals surface area (Å²) in [7, 11) is -3.03. The third-order valence-corrected chi connectivity index (χ3v) is 7.61. The number of hydrogen-bond acceptors (Lipinski definition) is 4. The molecule has 0 N–H and O–H groups in total. The van der Waals surface area contributed by atoms with Gasteiger partial charge in [0.1, 0.15) is 0 Å². The van der Waals surface area contributed by atoms with Crippen LogP contribution in [0.25, 0.3) is 0 Å². The standard InChI is InChI=1S/C15H17BrN2O3S2/c1-9(2)14(19)17-15-18(11-5-3-10(16)4-6-11)12-7-23(20,21)8-13(12)22-15/h3-6,9,12-13H,7-8H2,1-2H3/t12-,13-/m1/s1. The monoisotopic (exact) mass is 416 g/mol. The van der Waals surface area contributed by atoms with Crippen molar-refractivity contribution in [3.63, 3.8) is 0 Å². The quantitative estimate of drug-likeness (QED) is 0.741. The molecular formula is C15H17BrN2O3S2. The van der Waals surface area contributed by atoms with Crippen molar-refractivity contribution in [3.05, 3.63) is 28.7 Å². The Kier molecular flexibility index (Phi) is 4.59. The number of nitrogens with zero attached hydrogens (tertiary/aromatic N) is 2. The second kappa shape index (κ2) is 6.22. The van der Waals surface area contributed by atoms with Gasteiger partial charge < -0.3 is 4.90 Å². The van der Waals surface area contributed by atoms with E-state index in [2.05, 4.69) is 20.9 Å². The average molecular weight is 417 g/mol. The number of amidine groups is 1. The molecule has 124 valence electrons. The van der Waals surface area contributed by atoms with Crippen LogP contribution in [0.5, 0.6) is 0 Å². The van der Waals surface area contributed by atoms with E-state index in [4.69, 9.17) is 0 Å². The van der Waals surface area contributed by atoms with Crippen LogP contribution in [-0.2, 0) is 14.6 Å². The maximum atomic E-state index is 12.0. The van der Waals surface area contributed by atoms with Gasteiger partial charge in [-0.1, -0.05) is 41.5 Å².